The van der Waals surface area contributed by atoms with Crippen LogP contribution in [0.15, 0.2) is 39.4 Å². The van der Waals surface area contributed by atoms with Crippen LogP contribution in [0.3, 0.4) is 0 Å². The van der Waals surface area contributed by atoms with Gasteiger partial charge in [0, 0.05) is 0 Å². The molecule has 0 atom stereocenters. The van der Waals surface area contributed by atoms with Crippen molar-refractivity contribution in [1.29, 1.82) is 0 Å². The van der Waals surface area contributed by atoms with Gasteiger partial charge in [-0.2, -0.15) is 0 Å². The Bertz CT molecular complexity index is 643. The van der Waals surface area contributed by atoms with Crippen LogP contribution >= 0.6 is 0 Å². The topological polar surface area (TPSA) is 122 Å². The van der Waals surface area contributed by atoms with Gasteiger partial charge < -0.3 is 24.6 Å². The lowest BCUT2D eigenvalue weighted by atomic mass is 10.4. The molecule has 0 spiro atoms. The lowest BCUT2D eigenvalue weighted by Crippen LogP contribution is -2.36. The summed E-state index contributed by atoms with van der Waals surface area (Å²) in [6.45, 7) is -0.200. The fourth-order valence-corrected chi connectivity index (χ4v) is 1.49. The number of carbonyl (C=O) groups is 3. The Morgan fingerprint density at radius 3 is 2.52 bits per heavy atom. The molecule has 0 fully saturated rings. The fourth-order valence-electron chi connectivity index (χ4n) is 1.49. The summed E-state index contributed by atoms with van der Waals surface area (Å²) >= 11 is 0. The first-order chi connectivity index (χ1) is 10.1. The van der Waals surface area contributed by atoms with Gasteiger partial charge in [-0.25, -0.2) is 4.79 Å². The molecule has 8 nitrogen and oxygen atoms in total. The highest BCUT2D eigenvalue weighted by Crippen LogP contribution is 2.07. The average molecular weight is 292 g/mol. The molecule has 2 heterocycles. The van der Waals surface area contributed by atoms with Gasteiger partial charge in [0.15, 0.2) is 5.76 Å². The summed E-state index contributed by atoms with van der Waals surface area (Å²) in [5, 5.41) is 13.5. The first-order valence-corrected chi connectivity index (χ1v) is 5.96. The van der Waals surface area contributed by atoms with Gasteiger partial charge in [0.1, 0.15) is 5.76 Å². The zero-order valence-corrected chi connectivity index (χ0v) is 10.8. The van der Waals surface area contributed by atoms with Gasteiger partial charge in [-0.05, 0) is 24.3 Å². The highest BCUT2D eigenvalue weighted by molar-refractivity contribution is 5.94. The monoisotopic (exact) mass is 292 g/mol. The predicted octanol–water partition coefficient (Wildman–Crippen LogP) is 0.617. The maximum absolute atomic E-state index is 11.5. The van der Waals surface area contributed by atoms with Gasteiger partial charge in [0.25, 0.3) is 5.91 Å². The molecule has 0 radical (unpaired) electrons. The fraction of sp³-hybridized carbons (Fsp3) is 0.154. The van der Waals surface area contributed by atoms with E-state index in [1.165, 1.54) is 24.5 Å². The molecule has 8 heteroatoms. The Labute approximate surface area is 118 Å². The molecule has 2 aromatic rings. The molecule has 0 saturated heterocycles. The van der Waals surface area contributed by atoms with Gasteiger partial charge in [0.2, 0.25) is 11.7 Å². The summed E-state index contributed by atoms with van der Waals surface area (Å²) in [6, 6.07) is 5.78. The van der Waals surface area contributed by atoms with Crippen molar-refractivity contribution in [3.63, 3.8) is 0 Å². The molecule has 3 N–H and O–H groups in total. The van der Waals surface area contributed by atoms with Gasteiger partial charge in [-0.3, -0.25) is 9.59 Å². The summed E-state index contributed by atoms with van der Waals surface area (Å²) in [4.78, 5) is 33.6. The van der Waals surface area contributed by atoms with Crippen molar-refractivity contribution in [2.24, 2.45) is 0 Å². The zero-order chi connectivity index (χ0) is 15.2. The number of aromatic carboxylic acids is 1. The van der Waals surface area contributed by atoms with Crippen LogP contribution in [-0.2, 0) is 11.3 Å². The second-order valence-corrected chi connectivity index (χ2v) is 4.01. The first-order valence-electron chi connectivity index (χ1n) is 5.96. The molecule has 0 aliphatic heterocycles. The average Bonchev–Trinajstić information content (AvgIpc) is 3.13. The number of carboxylic acid groups (broad SMARTS) is 1. The van der Waals surface area contributed by atoms with Gasteiger partial charge in [0.05, 0.1) is 19.4 Å². The maximum atomic E-state index is 11.5. The summed E-state index contributed by atoms with van der Waals surface area (Å²) < 4.78 is 9.83. The third-order valence-electron chi connectivity index (χ3n) is 2.49. The Morgan fingerprint density at radius 2 is 1.90 bits per heavy atom. The molecule has 0 aromatic carbocycles. The molecule has 110 valence electrons. The van der Waals surface area contributed by atoms with Crippen molar-refractivity contribution >= 4 is 17.8 Å². The van der Waals surface area contributed by atoms with E-state index in [2.05, 4.69) is 10.6 Å². The smallest absolute Gasteiger partial charge is 0.371 e. The molecule has 0 saturated carbocycles. The van der Waals surface area contributed by atoms with Crippen molar-refractivity contribution in [3.05, 3.63) is 47.8 Å². The minimum atomic E-state index is -1.18. The van der Waals surface area contributed by atoms with Crippen LogP contribution in [0.5, 0.6) is 0 Å². The minimum Gasteiger partial charge on any atom is -0.475 e. The summed E-state index contributed by atoms with van der Waals surface area (Å²) in [6.07, 6.45) is 1.35. The van der Waals surface area contributed by atoms with E-state index in [9.17, 15) is 14.4 Å². The number of rotatable bonds is 6. The molecule has 0 unspecified atom stereocenters. The number of hydrogen-bond acceptors (Lipinski definition) is 5. The molecule has 2 amide bonds. The molecular weight excluding hydrogens is 280 g/mol. The maximum Gasteiger partial charge on any atom is 0.371 e. The zero-order valence-electron chi connectivity index (χ0n) is 10.8. The first kappa shape index (κ1) is 14.4. The summed E-state index contributed by atoms with van der Waals surface area (Å²) in [5.41, 5.74) is 0. The Hall–Kier alpha value is -3.03. The SMILES string of the molecule is O=C(CNC(=O)c1ccco1)NCc1ccc(C(=O)O)o1. The second kappa shape index (κ2) is 6.42. The third kappa shape index (κ3) is 3.96. The predicted molar refractivity (Wildman–Crippen MR) is 68.6 cm³/mol. The molecule has 0 aliphatic rings. The van der Waals surface area contributed by atoms with Crippen LogP contribution < -0.4 is 10.6 Å². The summed E-state index contributed by atoms with van der Waals surface area (Å²) in [7, 11) is 0. The van der Waals surface area contributed by atoms with Gasteiger partial charge in [-0.1, -0.05) is 0 Å². The number of nitrogens with one attached hydrogen (secondary N) is 2. The van der Waals surface area contributed by atoms with Crippen LogP contribution in [0.2, 0.25) is 0 Å². The van der Waals surface area contributed by atoms with Crippen molar-refractivity contribution in [2.75, 3.05) is 6.54 Å². The van der Waals surface area contributed by atoms with E-state index in [4.69, 9.17) is 13.9 Å². The molecule has 0 aliphatic carbocycles. The third-order valence-corrected chi connectivity index (χ3v) is 2.49. The minimum absolute atomic E-state index is 0.0305. The van der Waals surface area contributed by atoms with E-state index in [-0.39, 0.29) is 24.6 Å². The number of carboxylic acids is 1. The van der Waals surface area contributed by atoms with Gasteiger partial charge in [-0.15, -0.1) is 0 Å². The van der Waals surface area contributed by atoms with Gasteiger partial charge >= 0.3 is 5.97 Å². The van der Waals surface area contributed by atoms with E-state index in [1.54, 1.807) is 6.07 Å². The van der Waals surface area contributed by atoms with E-state index >= 15 is 0 Å². The van der Waals surface area contributed by atoms with Crippen molar-refractivity contribution in [3.8, 4) is 0 Å². The molecule has 21 heavy (non-hydrogen) atoms. The van der Waals surface area contributed by atoms with Crippen molar-refractivity contribution in [2.45, 2.75) is 6.54 Å². The molecule has 2 rings (SSSR count). The number of carbonyl (C=O) groups excluding carboxylic acids is 2. The Morgan fingerprint density at radius 1 is 1.10 bits per heavy atom. The normalized spacial score (nSPS) is 10.1. The quantitative estimate of drug-likeness (QED) is 0.717. The van der Waals surface area contributed by atoms with Crippen molar-refractivity contribution < 1.29 is 28.3 Å². The Kier molecular flexibility index (Phi) is 4.39. The van der Waals surface area contributed by atoms with Crippen LogP contribution in [0.25, 0.3) is 0 Å². The van der Waals surface area contributed by atoms with Crippen LogP contribution in [0.4, 0.5) is 0 Å². The van der Waals surface area contributed by atoms with Crippen LogP contribution in [0, 0.1) is 0 Å². The standard InChI is InChI=1S/C13H12N2O6/c16-11(7-15-12(17)9-2-1-5-20-9)14-6-8-3-4-10(21-8)13(18)19/h1-5H,6-7H2,(H,14,16)(H,15,17)(H,18,19). The van der Waals surface area contributed by atoms with Crippen LogP contribution in [-0.4, -0.2) is 29.4 Å². The summed E-state index contributed by atoms with van der Waals surface area (Å²) in [5.74, 6) is -1.91. The van der Waals surface area contributed by atoms with Crippen molar-refractivity contribution in [1.82, 2.24) is 10.6 Å². The second-order valence-electron chi connectivity index (χ2n) is 4.01. The number of amides is 2. The largest absolute Gasteiger partial charge is 0.475 e. The highest BCUT2D eigenvalue weighted by Gasteiger charge is 2.12. The van der Waals surface area contributed by atoms with E-state index < -0.39 is 17.8 Å². The van der Waals surface area contributed by atoms with E-state index in [1.807, 2.05) is 0 Å². The molecular formula is C13H12N2O6. The number of hydrogen-bond donors (Lipinski definition) is 3. The highest BCUT2D eigenvalue weighted by atomic mass is 16.4. The molecule has 2 aromatic heterocycles. The van der Waals surface area contributed by atoms with Crippen LogP contribution in [0.1, 0.15) is 26.9 Å². The Balaban J connectivity index is 1.74. The molecule has 0 bridgehead atoms. The van der Waals surface area contributed by atoms with E-state index in [0.717, 1.165) is 0 Å². The lowest BCUT2D eigenvalue weighted by Gasteiger charge is -2.04. The lowest BCUT2D eigenvalue weighted by molar-refractivity contribution is -0.120. The van der Waals surface area contributed by atoms with E-state index in [0.29, 0.717) is 5.76 Å². The number of furan rings is 2.